The first-order chi connectivity index (χ1) is 8.74. The largest absolute Gasteiger partial charge is 0.393 e. The summed E-state index contributed by atoms with van der Waals surface area (Å²) in [6.07, 6.45) is 3.91. The predicted molar refractivity (Wildman–Crippen MR) is 70.8 cm³/mol. The minimum absolute atomic E-state index is 0.138. The van der Waals surface area contributed by atoms with Crippen LogP contribution < -0.4 is 10.6 Å². The molecule has 0 amide bonds. The summed E-state index contributed by atoms with van der Waals surface area (Å²) in [6.45, 7) is 2.93. The Morgan fingerprint density at radius 2 is 2.00 bits per heavy atom. The van der Waals surface area contributed by atoms with Crippen molar-refractivity contribution in [3.8, 4) is 0 Å². The summed E-state index contributed by atoms with van der Waals surface area (Å²) in [5.74, 6) is 3.29. The van der Waals surface area contributed by atoms with Crippen LogP contribution in [0.5, 0.6) is 0 Å². The third kappa shape index (κ3) is 2.56. The van der Waals surface area contributed by atoms with Gasteiger partial charge in [-0.2, -0.15) is 0 Å². The van der Waals surface area contributed by atoms with Crippen LogP contribution in [0, 0.1) is 0 Å². The summed E-state index contributed by atoms with van der Waals surface area (Å²) >= 11 is 0. The van der Waals surface area contributed by atoms with Crippen molar-refractivity contribution in [2.24, 2.45) is 0 Å². The van der Waals surface area contributed by atoms with Gasteiger partial charge in [0, 0.05) is 24.6 Å². The monoisotopic (exact) mass is 248 g/mol. The summed E-state index contributed by atoms with van der Waals surface area (Å²) in [4.78, 5) is 9.12. The third-order valence-corrected chi connectivity index (χ3v) is 3.51. The van der Waals surface area contributed by atoms with Crippen LogP contribution in [0.25, 0.3) is 0 Å². The van der Waals surface area contributed by atoms with Crippen molar-refractivity contribution < 1.29 is 5.11 Å². The van der Waals surface area contributed by atoms with Gasteiger partial charge in [-0.1, -0.05) is 0 Å². The van der Waals surface area contributed by atoms with Crippen molar-refractivity contribution in [1.29, 1.82) is 0 Å². The molecule has 1 heterocycles. The lowest BCUT2D eigenvalue weighted by molar-refractivity contribution is 0.0835. The number of anilines is 2. The second kappa shape index (κ2) is 4.72. The molecule has 18 heavy (non-hydrogen) atoms. The SMILES string of the molecule is CCNc1cc(NC2CC(O)C2)nc(C2CC2)n1. The molecule has 0 spiro atoms. The number of rotatable bonds is 5. The lowest BCUT2D eigenvalue weighted by Crippen LogP contribution is -2.39. The van der Waals surface area contributed by atoms with Gasteiger partial charge in [0.25, 0.3) is 0 Å². The predicted octanol–water partition coefficient (Wildman–Crippen LogP) is 1.72. The molecular formula is C13H20N4O. The number of aliphatic hydroxyl groups excluding tert-OH is 1. The Balaban J connectivity index is 1.74. The third-order valence-electron chi connectivity index (χ3n) is 3.51. The van der Waals surface area contributed by atoms with E-state index < -0.39 is 0 Å². The highest BCUT2D eigenvalue weighted by molar-refractivity contribution is 5.49. The number of nitrogens with one attached hydrogen (secondary N) is 2. The van der Waals surface area contributed by atoms with Crippen LogP contribution in [-0.2, 0) is 0 Å². The second-order valence-corrected chi connectivity index (χ2v) is 5.27. The zero-order chi connectivity index (χ0) is 12.5. The maximum Gasteiger partial charge on any atom is 0.136 e. The topological polar surface area (TPSA) is 70.1 Å². The maximum atomic E-state index is 9.30. The fourth-order valence-electron chi connectivity index (χ4n) is 2.25. The molecule has 3 N–H and O–H groups in total. The van der Waals surface area contributed by atoms with Crippen LogP contribution in [0.2, 0.25) is 0 Å². The Bertz CT molecular complexity index is 427. The Morgan fingerprint density at radius 3 is 2.61 bits per heavy atom. The lowest BCUT2D eigenvalue weighted by Gasteiger charge is -2.32. The van der Waals surface area contributed by atoms with Gasteiger partial charge < -0.3 is 15.7 Å². The van der Waals surface area contributed by atoms with Gasteiger partial charge in [0.15, 0.2) is 0 Å². The summed E-state index contributed by atoms with van der Waals surface area (Å²) in [5, 5.41) is 15.9. The molecule has 2 saturated carbocycles. The highest BCUT2D eigenvalue weighted by Crippen LogP contribution is 2.39. The van der Waals surface area contributed by atoms with Crippen LogP contribution in [0.3, 0.4) is 0 Å². The van der Waals surface area contributed by atoms with Gasteiger partial charge in [-0.3, -0.25) is 0 Å². The molecule has 2 aliphatic carbocycles. The normalized spacial score (nSPS) is 26.6. The molecule has 0 atom stereocenters. The molecule has 0 aliphatic heterocycles. The fourth-order valence-corrected chi connectivity index (χ4v) is 2.25. The van der Waals surface area contributed by atoms with Crippen molar-refractivity contribution in [1.82, 2.24) is 9.97 Å². The van der Waals surface area contributed by atoms with E-state index in [1.54, 1.807) is 0 Å². The molecule has 0 aromatic carbocycles. The van der Waals surface area contributed by atoms with Crippen molar-refractivity contribution >= 4 is 11.6 Å². The molecule has 3 rings (SSSR count). The van der Waals surface area contributed by atoms with Gasteiger partial charge in [0.05, 0.1) is 6.10 Å². The zero-order valence-corrected chi connectivity index (χ0v) is 10.7. The smallest absolute Gasteiger partial charge is 0.136 e. The van der Waals surface area contributed by atoms with Gasteiger partial charge in [-0.15, -0.1) is 0 Å². The molecule has 2 aliphatic rings. The van der Waals surface area contributed by atoms with E-state index in [1.165, 1.54) is 12.8 Å². The second-order valence-electron chi connectivity index (χ2n) is 5.27. The zero-order valence-electron chi connectivity index (χ0n) is 10.7. The van der Waals surface area contributed by atoms with E-state index in [1.807, 2.05) is 6.07 Å². The van der Waals surface area contributed by atoms with Crippen LogP contribution in [0.4, 0.5) is 11.6 Å². The minimum atomic E-state index is -0.138. The van der Waals surface area contributed by atoms with E-state index in [0.29, 0.717) is 12.0 Å². The van der Waals surface area contributed by atoms with Crippen LogP contribution in [0.1, 0.15) is 44.3 Å². The van der Waals surface area contributed by atoms with Gasteiger partial charge in [0.1, 0.15) is 17.5 Å². The van der Waals surface area contributed by atoms with Crippen molar-refractivity contribution in [2.75, 3.05) is 17.2 Å². The average Bonchev–Trinajstić information content (AvgIpc) is 3.11. The summed E-state index contributed by atoms with van der Waals surface area (Å²) in [5.41, 5.74) is 0. The van der Waals surface area contributed by atoms with Crippen LogP contribution >= 0.6 is 0 Å². The number of hydrogen-bond acceptors (Lipinski definition) is 5. The number of hydrogen-bond donors (Lipinski definition) is 3. The highest BCUT2D eigenvalue weighted by atomic mass is 16.3. The number of nitrogens with zero attached hydrogens (tertiary/aromatic N) is 2. The van der Waals surface area contributed by atoms with Gasteiger partial charge in [-0.25, -0.2) is 9.97 Å². The molecule has 5 heteroatoms. The highest BCUT2D eigenvalue weighted by Gasteiger charge is 2.29. The Hall–Kier alpha value is -1.36. The summed E-state index contributed by atoms with van der Waals surface area (Å²) in [6, 6.07) is 2.32. The Labute approximate surface area is 107 Å². The summed E-state index contributed by atoms with van der Waals surface area (Å²) < 4.78 is 0. The van der Waals surface area contributed by atoms with E-state index in [4.69, 9.17) is 0 Å². The summed E-state index contributed by atoms with van der Waals surface area (Å²) in [7, 11) is 0. The van der Waals surface area contributed by atoms with Gasteiger partial charge in [0.2, 0.25) is 0 Å². The standard InChI is InChI=1S/C13H20N4O/c1-2-14-11-7-12(15-9-5-10(18)6-9)17-13(16-11)8-3-4-8/h7-10,18H,2-6H2,1H3,(H2,14,15,16,17). The molecule has 0 radical (unpaired) electrons. The molecule has 98 valence electrons. The maximum absolute atomic E-state index is 9.30. The van der Waals surface area contributed by atoms with E-state index in [-0.39, 0.29) is 6.10 Å². The minimum Gasteiger partial charge on any atom is -0.393 e. The van der Waals surface area contributed by atoms with Gasteiger partial charge in [-0.05, 0) is 32.6 Å². The van der Waals surface area contributed by atoms with E-state index in [2.05, 4.69) is 27.5 Å². The van der Waals surface area contributed by atoms with E-state index in [0.717, 1.165) is 36.8 Å². The number of aromatic nitrogens is 2. The van der Waals surface area contributed by atoms with E-state index in [9.17, 15) is 5.11 Å². The van der Waals surface area contributed by atoms with Crippen molar-refractivity contribution in [3.05, 3.63) is 11.9 Å². The molecule has 0 unspecified atom stereocenters. The molecule has 5 nitrogen and oxygen atoms in total. The quantitative estimate of drug-likeness (QED) is 0.740. The van der Waals surface area contributed by atoms with Crippen molar-refractivity contribution in [3.63, 3.8) is 0 Å². The molecule has 1 aromatic heterocycles. The molecular weight excluding hydrogens is 228 g/mol. The average molecular weight is 248 g/mol. The Morgan fingerprint density at radius 1 is 1.28 bits per heavy atom. The van der Waals surface area contributed by atoms with Crippen molar-refractivity contribution in [2.45, 2.75) is 50.7 Å². The Kier molecular flexibility index (Phi) is 3.07. The first kappa shape index (κ1) is 11.7. The number of aliphatic hydroxyl groups is 1. The molecule has 2 fully saturated rings. The van der Waals surface area contributed by atoms with Gasteiger partial charge >= 0.3 is 0 Å². The van der Waals surface area contributed by atoms with Crippen LogP contribution in [0.15, 0.2) is 6.07 Å². The lowest BCUT2D eigenvalue weighted by atomic mass is 9.89. The first-order valence-corrected chi connectivity index (χ1v) is 6.82. The molecule has 1 aromatic rings. The fraction of sp³-hybridized carbons (Fsp3) is 0.692. The molecule has 0 saturated heterocycles. The van der Waals surface area contributed by atoms with E-state index >= 15 is 0 Å². The first-order valence-electron chi connectivity index (χ1n) is 6.82. The van der Waals surface area contributed by atoms with Crippen LogP contribution in [-0.4, -0.2) is 33.8 Å². The molecule has 0 bridgehead atoms.